The van der Waals surface area contributed by atoms with Gasteiger partial charge < -0.3 is 10.3 Å². The molecule has 0 atom stereocenters. The van der Waals surface area contributed by atoms with Gasteiger partial charge in [0.15, 0.2) is 9.84 Å². The lowest BCUT2D eigenvalue weighted by Gasteiger charge is -2.17. The normalized spacial score (nSPS) is 11.8. The Bertz CT molecular complexity index is 2030. The van der Waals surface area contributed by atoms with Crippen molar-refractivity contribution in [1.82, 2.24) is 14.9 Å². The number of aromatic nitrogens is 2. The van der Waals surface area contributed by atoms with E-state index in [-0.39, 0.29) is 11.7 Å². The van der Waals surface area contributed by atoms with Gasteiger partial charge in [-0.25, -0.2) is 13.4 Å². The first-order valence-corrected chi connectivity index (χ1v) is 16.4. The van der Waals surface area contributed by atoms with E-state index >= 15 is 0 Å². The van der Waals surface area contributed by atoms with E-state index in [1.165, 1.54) is 0 Å². The minimum Gasteiger partial charge on any atom is -0.339 e. The first-order chi connectivity index (χ1) is 21.4. The Kier molecular flexibility index (Phi) is 8.28. The molecule has 0 saturated carbocycles. The molecule has 6 rings (SSSR count). The molecule has 0 aliphatic rings. The highest BCUT2D eigenvalue weighted by atomic mass is 32.2. The Morgan fingerprint density at radius 1 is 0.841 bits per heavy atom. The Labute approximate surface area is 257 Å². The van der Waals surface area contributed by atoms with Gasteiger partial charge in [0.05, 0.1) is 17.2 Å². The molecule has 6 aromatic rings. The number of nitrogens with one attached hydrogen (secondary N) is 2. The van der Waals surface area contributed by atoms with Gasteiger partial charge in [0.2, 0.25) is 5.91 Å². The van der Waals surface area contributed by atoms with Crippen LogP contribution in [0.25, 0.3) is 44.2 Å². The molecule has 4 aromatic carbocycles. The number of likely N-dealkylation sites (N-methyl/N-ethyl adjacent to an activating group) is 1. The van der Waals surface area contributed by atoms with Crippen molar-refractivity contribution in [2.75, 3.05) is 25.0 Å². The molecule has 0 bridgehead atoms. The summed E-state index contributed by atoms with van der Waals surface area (Å²) in [5, 5.41) is 4.84. The molecule has 7 nitrogen and oxygen atoms in total. The molecular weight excluding hydrogens is 568 g/mol. The van der Waals surface area contributed by atoms with Crippen molar-refractivity contribution in [3.05, 3.63) is 115 Å². The Morgan fingerprint density at radius 2 is 1.52 bits per heavy atom. The van der Waals surface area contributed by atoms with E-state index in [2.05, 4.69) is 27.3 Å². The summed E-state index contributed by atoms with van der Waals surface area (Å²) in [5.41, 5.74) is 6.97. The quantitative estimate of drug-likeness (QED) is 0.172. The number of carbonyl (C=O) groups is 1. The van der Waals surface area contributed by atoms with Crippen molar-refractivity contribution in [2.45, 2.75) is 24.5 Å². The maximum atomic E-state index is 13.2. The maximum absolute atomic E-state index is 13.2. The van der Waals surface area contributed by atoms with E-state index in [0.29, 0.717) is 17.0 Å². The molecule has 8 heteroatoms. The van der Waals surface area contributed by atoms with Crippen LogP contribution in [0.1, 0.15) is 19.4 Å². The average Bonchev–Trinajstić information content (AvgIpc) is 3.42. The topological polar surface area (TPSA) is 95.2 Å². The van der Waals surface area contributed by atoms with Crippen LogP contribution in [-0.4, -0.2) is 48.8 Å². The largest absolute Gasteiger partial charge is 0.339 e. The van der Waals surface area contributed by atoms with Gasteiger partial charge in [-0.15, -0.1) is 0 Å². The molecule has 0 aliphatic heterocycles. The molecule has 0 unspecified atom stereocenters. The summed E-state index contributed by atoms with van der Waals surface area (Å²) >= 11 is 0. The fraction of sp³-hybridized carbons (Fsp3) is 0.167. The second-order valence-corrected chi connectivity index (χ2v) is 12.8. The van der Waals surface area contributed by atoms with Crippen LogP contribution >= 0.6 is 0 Å². The Hall–Kier alpha value is -4.79. The molecule has 1 amide bonds. The van der Waals surface area contributed by atoms with Crippen molar-refractivity contribution >= 4 is 43.4 Å². The van der Waals surface area contributed by atoms with Crippen LogP contribution in [0.15, 0.2) is 114 Å². The summed E-state index contributed by atoms with van der Waals surface area (Å²) in [7, 11) is -3.51. The van der Waals surface area contributed by atoms with Gasteiger partial charge in [-0.1, -0.05) is 80.6 Å². The number of sulfone groups is 1. The maximum Gasteiger partial charge on any atom is 0.238 e. The van der Waals surface area contributed by atoms with E-state index in [0.717, 1.165) is 63.0 Å². The van der Waals surface area contributed by atoms with Crippen LogP contribution in [0, 0.1) is 0 Å². The van der Waals surface area contributed by atoms with Crippen molar-refractivity contribution in [3.8, 4) is 22.3 Å². The van der Waals surface area contributed by atoms with Crippen LogP contribution in [0.5, 0.6) is 0 Å². The van der Waals surface area contributed by atoms with Crippen molar-refractivity contribution in [1.29, 1.82) is 0 Å². The molecule has 2 aromatic heterocycles. The summed E-state index contributed by atoms with van der Waals surface area (Å²) in [4.78, 5) is 23.2. The first-order valence-electron chi connectivity index (χ1n) is 14.8. The van der Waals surface area contributed by atoms with Gasteiger partial charge in [0.1, 0.15) is 5.65 Å². The van der Waals surface area contributed by atoms with Crippen molar-refractivity contribution in [3.63, 3.8) is 0 Å². The number of H-pyrrole nitrogens is 1. The van der Waals surface area contributed by atoms with Crippen LogP contribution in [0.4, 0.5) is 5.69 Å². The number of benzene rings is 4. The van der Waals surface area contributed by atoms with Gasteiger partial charge in [0, 0.05) is 39.3 Å². The summed E-state index contributed by atoms with van der Waals surface area (Å²) in [6.07, 6.45) is 1.87. The third-order valence-electron chi connectivity index (χ3n) is 7.95. The highest BCUT2D eigenvalue weighted by Crippen LogP contribution is 2.41. The number of fused-ring (bicyclic) bond motifs is 3. The van der Waals surface area contributed by atoms with E-state index in [9.17, 15) is 13.2 Å². The van der Waals surface area contributed by atoms with E-state index in [4.69, 9.17) is 4.98 Å². The lowest BCUT2D eigenvalue weighted by Crippen LogP contribution is -2.32. The molecule has 0 radical (unpaired) electrons. The monoisotopic (exact) mass is 602 g/mol. The summed E-state index contributed by atoms with van der Waals surface area (Å²) in [6, 6.07) is 32.2. The van der Waals surface area contributed by atoms with Gasteiger partial charge in [-0.05, 0) is 66.2 Å². The van der Waals surface area contributed by atoms with E-state index in [1.54, 1.807) is 24.3 Å². The number of aromatic amines is 1. The number of rotatable bonds is 10. The van der Waals surface area contributed by atoms with Crippen LogP contribution in [-0.2, 0) is 20.4 Å². The van der Waals surface area contributed by atoms with Gasteiger partial charge in [-0.3, -0.25) is 9.69 Å². The number of anilines is 1. The average molecular weight is 603 g/mol. The summed E-state index contributed by atoms with van der Waals surface area (Å²) in [5.74, 6) is -0.145. The number of hydrogen-bond acceptors (Lipinski definition) is 5. The second-order valence-electron chi connectivity index (χ2n) is 10.8. The van der Waals surface area contributed by atoms with Crippen molar-refractivity contribution in [2.24, 2.45) is 0 Å². The molecular formula is C36H34N4O3S. The zero-order chi connectivity index (χ0) is 30.7. The molecule has 0 aliphatic carbocycles. The lowest BCUT2D eigenvalue weighted by molar-refractivity contribution is -0.117. The zero-order valence-corrected chi connectivity index (χ0v) is 25.6. The summed E-state index contributed by atoms with van der Waals surface area (Å²) in [6.45, 7) is 6.07. The molecule has 2 heterocycles. The predicted molar refractivity (Wildman–Crippen MR) is 178 cm³/mol. The predicted octanol–water partition coefficient (Wildman–Crippen LogP) is 7.30. The molecule has 0 saturated heterocycles. The Balaban J connectivity index is 1.42. The Morgan fingerprint density at radius 3 is 2.20 bits per heavy atom. The molecule has 0 spiro atoms. The smallest absolute Gasteiger partial charge is 0.238 e. The fourth-order valence-electron chi connectivity index (χ4n) is 5.63. The molecule has 0 fully saturated rings. The third kappa shape index (κ3) is 6.00. The fourth-order valence-corrected chi connectivity index (χ4v) is 6.99. The SMILES string of the molecule is CCN(CC)CC(=O)Nc1ccc(-c2cnc3[nH]c4ccc(CS(=O)(=O)c5ccccc5)cc4c3c2-c2ccccc2)cc1. The lowest BCUT2D eigenvalue weighted by atomic mass is 9.92. The molecule has 222 valence electrons. The molecule has 2 N–H and O–H groups in total. The first kappa shape index (κ1) is 29.3. The van der Waals surface area contributed by atoms with Crippen LogP contribution in [0.2, 0.25) is 0 Å². The highest BCUT2D eigenvalue weighted by Gasteiger charge is 2.20. The summed E-state index contributed by atoms with van der Waals surface area (Å²) < 4.78 is 26.4. The minimum atomic E-state index is -3.51. The highest BCUT2D eigenvalue weighted by molar-refractivity contribution is 7.90. The van der Waals surface area contributed by atoms with Gasteiger partial charge in [-0.2, -0.15) is 0 Å². The van der Waals surface area contributed by atoms with Crippen LogP contribution in [0.3, 0.4) is 0 Å². The zero-order valence-electron chi connectivity index (χ0n) is 24.7. The molecule has 44 heavy (non-hydrogen) atoms. The standard InChI is InChI=1S/C36H34N4O3S/c1-3-40(4-2)23-33(41)38-28-18-16-26(17-19-28)31-22-37-36-35(34(31)27-11-7-5-8-12-27)30-21-25(15-20-32(30)39-36)24-44(42,43)29-13-9-6-10-14-29/h5-22H,3-4,23-24H2,1-2H3,(H,37,39)(H,38,41). The number of hydrogen-bond donors (Lipinski definition) is 2. The van der Waals surface area contributed by atoms with E-state index in [1.807, 2.05) is 86.8 Å². The third-order valence-corrected chi connectivity index (χ3v) is 9.65. The number of nitrogens with zero attached hydrogens (tertiary/aromatic N) is 2. The van der Waals surface area contributed by atoms with Crippen molar-refractivity contribution < 1.29 is 13.2 Å². The second kappa shape index (κ2) is 12.4. The number of pyridine rings is 1. The van der Waals surface area contributed by atoms with Gasteiger partial charge >= 0.3 is 0 Å². The van der Waals surface area contributed by atoms with Gasteiger partial charge in [0.25, 0.3) is 0 Å². The minimum absolute atomic E-state index is 0.0432. The van der Waals surface area contributed by atoms with E-state index < -0.39 is 9.84 Å². The number of carbonyl (C=O) groups excluding carboxylic acids is 1. The van der Waals surface area contributed by atoms with Crippen LogP contribution < -0.4 is 5.32 Å². The number of amides is 1.